The first kappa shape index (κ1) is 27.4. The van der Waals surface area contributed by atoms with Crippen LogP contribution in [0, 0.1) is 10.1 Å². The van der Waals surface area contributed by atoms with Crippen LogP contribution < -0.4 is 9.47 Å². The summed E-state index contributed by atoms with van der Waals surface area (Å²) in [6.07, 6.45) is 2.92. The van der Waals surface area contributed by atoms with Crippen molar-refractivity contribution < 1.29 is 27.6 Å². The number of benzene rings is 1. The van der Waals surface area contributed by atoms with E-state index in [0.717, 1.165) is 70.8 Å². The Kier molecular flexibility index (Phi) is 7.83. The highest BCUT2D eigenvalue weighted by molar-refractivity contribution is 5.50. The van der Waals surface area contributed by atoms with Crippen LogP contribution in [-0.2, 0) is 6.54 Å². The third-order valence-electron chi connectivity index (χ3n) is 7.58. The molecule has 1 aromatic heterocycles. The van der Waals surface area contributed by atoms with E-state index in [9.17, 15) is 23.3 Å². The van der Waals surface area contributed by atoms with Crippen molar-refractivity contribution in [2.24, 2.45) is 0 Å². The first-order chi connectivity index (χ1) is 18.6. The van der Waals surface area contributed by atoms with Crippen molar-refractivity contribution >= 4 is 11.9 Å². The van der Waals surface area contributed by atoms with Gasteiger partial charge in [-0.05, 0) is 55.5 Å². The van der Waals surface area contributed by atoms with Gasteiger partial charge in [-0.1, -0.05) is 24.3 Å². The topological polar surface area (TPSA) is 89.1 Å². The number of likely N-dealkylation sites (tertiary alicyclic amines) is 1. The molecule has 10 nitrogen and oxygen atoms in total. The van der Waals surface area contributed by atoms with E-state index in [-0.39, 0.29) is 11.6 Å². The number of hydrogen-bond acceptors (Lipinski definition) is 8. The zero-order chi connectivity index (χ0) is 27.6. The zero-order valence-corrected chi connectivity index (χ0v) is 21.8. The molecule has 3 aliphatic rings. The maximum atomic E-state index is 12.3. The fourth-order valence-electron chi connectivity index (χ4n) is 5.71. The Bertz CT molecular complexity index is 1150. The largest absolute Gasteiger partial charge is 0.573 e. The van der Waals surface area contributed by atoms with Gasteiger partial charge in [0.05, 0.1) is 6.54 Å². The molecule has 0 amide bonds. The van der Waals surface area contributed by atoms with E-state index in [1.807, 2.05) is 19.1 Å². The molecule has 0 saturated carbocycles. The molecule has 0 bridgehead atoms. The van der Waals surface area contributed by atoms with Crippen LogP contribution in [0.4, 0.5) is 19.0 Å². The molecule has 0 spiro atoms. The minimum atomic E-state index is -4.68. The number of nitro groups is 1. The third kappa shape index (κ3) is 7.08. The normalized spacial score (nSPS) is 23.7. The summed E-state index contributed by atoms with van der Waals surface area (Å²) < 4.78 is 48.5. The maximum absolute atomic E-state index is 12.3. The summed E-state index contributed by atoms with van der Waals surface area (Å²) in [4.78, 5) is 21.8. The van der Waals surface area contributed by atoms with Crippen LogP contribution in [0.1, 0.15) is 25.3 Å². The Hall–Kier alpha value is -3.16. The molecule has 1 atom stereocenters. The predicted molar refractivity (Wildman–Crippen MR) is 138 cm³/mol. The van der Waals surface area contributed by atoms with Crippen molar-refractivity contribution in [1.82, 2.24) is 24.3 Å². The lowest BCUT2D eigenvalue weighted by Crippen LogP contribution is -2.54. The van der Waals surface area contributed by atoms with Crippen LogP contribution in [-0.4, -0.2) is 99.5 Å². The van der Waals surface area contributed by atoms with Crippen LogP contribution in [0.3, 0.4) is 0 Å². The minimum Gasteiger partial charge on any atom is -0.436 e. The highest BCUT2D eigenvalue weighted by atomic mass is 19.4. The molecular formula is C26H33F3N6O4. The number of nitrogens with zero attached hydrogens (tertiary/aromatic N) is 6. The number of piperidine rings is 1. The molecule has 212 valence electrons. The van der Waals surface area contributed by atoms with Crippen molar-refractivity contribution in [3.63, 3.8) is 0 Å². The van der Waals surface area contributed by atoms with Crippen molar-refractivity contribution in [3.8, 4) is 11.8 Å². The van der Waals surface area contributed by atoms with E-state index in [2.05, 4.69) is 24.4 Å². The van der Waals surface area contributed by atoms with Crippen LogP contribution in [0.5, 0.6) is 11.8 Å². The van der Waals surface area contributed by atoms with Crippen LogP contribution in [0.2, 0.25) is 0 Å². The fraction of sp³-hybridized carbons (Fsp3) is 0.577. The number of rotatable bonds is 8. The third-order valence-corrected chi connectivity index (χ3v) is 7.58. The summed E-state index contributed by atoms with van der Waals surface area (Å²) in [5.41, 5.74) is 0.389. The number of halogens is 3. The van der Waals surface area contributed by atoms with E-state index < -0.39 is 16.9 Å². The molecule has 0 radical (unpaired) electrons. The summed E-state index contributed by atoms with van der Waals surface area (Å²) >= 11 is 0. The lowest BCUT2D eigenvalue weighted by atomic mass is 9.99. The van der Waals surface area contributed by atoms with Gasteiger partial charge in [0.25, 0.3) is 0 Å². The molecule has 2 aromatic rings. The Morgan fingerprint density at radius 1 is 1.13 bits per heavy atom. The Morgan fingerprint density at radius 2 is 1.82 bits per heavy atom. The second kappa shape index (κ2) is 11.1. The Morgan fingerprint density at radius 3 is 2.44 bits per heavy atom. The van der Waals surface area contributed by atoms with Gasteiger partial charge in [-0.2, -0.15) is 0 Å². The SMILES string of the molecule is C[C@]1(CN2CCC(N3CCN(CC=Cc4ccc(OC(F)(F)F)cc4)CC3)CC2)Cn2cc([N+](=O)[O-])nc2O1. The van der Waals surface area contributed by atoms with Gasteiger partial charge >= 0.3 is 18.2 Å². The van der Waals surface area contributed by atoms with E-state index in [1.165, 1.54) is 18.3 Å². The fourth-order valence-corrected chi connectivity index (χ4v) is 5.71. The molecule has 0 N–H and O–H groups in total. The number of alkyl halides is 3. The second-order valence-corrected chi connectivity index (χ2v) is 10.7. The van der Waals surface area contributed by atoms with Gasteiger partial charge in [-0.25, -0.2) is 0 Å². The number of piperazine rings is 1. The van der Waals surface area contributed by atoms with Gasteiger partial charge in [-0.15, -0.1) is 13.2 Å². The van der Waals surface area contributed by atoms with Crippen molar-refractivity contribution in [1.29, 1.82) is 0 Å². The van der Waals surface area contributed by atoms with Crippen LogP contribution in [0.15, 0.2) is 36.5 Å². The number of aromatic nitrogens is 2. The summed E-state index contributed by atoms with van der Waals surface area (Å²) in [6, 6.07) is 6.75. The number of ether oxygens (including phenoxy) is 2. The molecule has 5 rings (SSSR count). The summed E-state index contributed by atoms with van der Waals surface area (Å²) in [6.45, 7) is 10.1. The van der Waals surface area contributed by atoms with Crippen molar-refractivity contribution in [2.45, 2.75) is 44.3 Å². The van der Waals surface area contributed by atoms with Crippen LogP contribution >= 0.6 is 0 Å². The van der Waals surface area contributed by atoms with E-state index in [4.69, 9.17) is 4.74 Å². The second-order valence-electron chi connectivity index (χ2n) is 10.7. The van der Waals surface area contributed by atoms with Crippen molar-refractivity contribution in [2.75, 3.05) is 52.4 Å². The average molecular weight is 551 g/mol. The molecular weight excluding hydrogens is 517 g/mol. The Labute approximate surface area is 224 Å². The lowest BCUT2D eigenvalue weighted by Gasteiger charge is -2.43. The standard InChI is InChI=1S/C26H33F3N6O4/c1-25(19-34-17-23(35(36)37)30-24(34)39-25)18-32-11-8-21(9-12-32)33-15-13-31(14-16-33)10-2-3-20-4-6-22(7-5-20)38-26(27,28)29/h2-7,17,21H,8-16,18-19H2,1H3/t25-/m0/s1. The summed E-state index contributed by atoms with van der Waals surface area (Å²) in [5.74, 6) is -0.402. The smallest absolute Gasteiger partial charge is 0.436 e. The molecule has 13 heteroatoms. The molecule has 3 aliphatic heterocycles. The maximum Gasteiger partial charge on any atom is 0.573 e. The summed E-state index contributed by atoms with van der Waals surface area (Å²) in [7, 11) is 0. The molecule has 2 fully saturated rings. The first-order valence-corrected chi connectivity index (χ1v) is 13.2. The van der Waals surface area contributed by atoms with Gasteiger partial charge in [0.15, 0.2) is 0 Å². The highest BCUT2D eigenvalue weighted by Crippen LogP contribution is 2.32. The zero-order valence-electron chi connectivity index (χ0n) is 21.8. The van der Waals surface area contributed by atoms with E-state index in [1.54, 1.807) is 16.7 Å². The molecule has 39 heavy (non-hydrogen) atoms. The van der Waals surface area contributed by atoms with Crippen molar-refractivity contribution in [3.05, 3.63) is 52.2 Å². The van der Waals surface area contributed by atoms with E-state index in [0.29, 0.717) is 18.6 Å². The molecule has 4 heterocycles. The van der Waals surface area contributed by atoms with E-state index >= 15 is 0 Å². The number of fused-ring (bicyclic) bond motifs is 1. The molecule has 0 aliphatic carbocycles. The summed E-state index contributed by atoms with van der Waals surface area (Å²) in [5, 5.41) is 10.9. The Balaban J connectivity index is 1.00. The molecule has 0 unspecified atom stereocenters. The quantitative estimate of drug-likeness (QED) is 0.364. The van der Waals surface area contributed by atoms with Gasteiger partial charge in [0, 0.05) is 50.3 Å². The highest BCUT2D eigenvalue weighted by Gasteiger charge is 2.42. The minimum absolute atomic E-state index is 0.183. The van der Waals surface area contributed by atoms with Crippen LogP contribution in [0.25, 0.3) is 6.08 Å². The van der Waals surface area contributed by atoms with Gasteiger partial charge in [-0.3, -0.25) is 19.3 Å². The lowest BCUT2D eigenvalue weighted by molar-refractivity contribution is -0.389. The molecule has 1 aromatic carbocycles. The van der Waals surface area contributed by atoms with Gasteiger partial charge in [0.1, 0.15) is 17.5 Å². The monoisotopic (exact) mass is 550 g/mol. The molecule has 2 saturated heterocycles. The first-order valence-electron chi connectivity index (χ1n) is 13.2. The predicted octanol–water partition coefficient (Wildman–Crippen LogP) is 3.64. The van der Waals surface area contributed by atoms with Gasteiger partial charge < -0.3 is 19.6 Å². The number of hydrogen-bond donors (Lipinski definition) is 0. The average Bonchev–Trinajstić information content (AvgIpc) is 3.40. The number of imidazole rings is 1. The van der Waals surface area contributed by atoms with Gasteiger partial charge in [0.2, 0.25) is 0 Å².